The first-order valence-corrected chi connectivity index (χ1v) is 8.26. The van der Waals surface area contributed by atoms with Crippen LogP contribution in [-0.4, -0.2) is 34.7 Å². The molecule has 0 fully saturated rings. The van der Waals surface area contributed by atoms with Crippen LogP contribution < -0.4 is 5.32 Å². The van der Waals surface area contributed by atoms with E-state index < -0.39 is 11.9 Å². The zero-order valence-electron chi connectivity index (χ0n) is 14.1. The summed E-state index contributed by atoms with van der Waals surface area (Å²) in [4.78, 5) is 5.97. The molecule has 1 N–H and O–H groups in total. The molecule has 25 heavy (non-hydrogen) atoms. The smallest absolute Gasteiger partial charge is 0.352 e. The van der Waals surface area contributed by atoms with Gasteiger partial charge in [-0.05, 0) is 17.7 Å². The van der Waals surface area contributed by atoms with Crippen LogP contribution >= 0.6 is 15.9 Å². The van der Waals surface area contributed by atoms with E-state index in [1.165, 1.54) is 13.2 Å². The van der Waals surface area contributed by atoms with Crippen LogP contribution in [0.4, 0.5) is 13.2 Å². The van der Waals surface area contributed by atoms with Crippen LogP contribution in [0.25, 0.3) is 0 Å². The van der Waals surface area contributed by atoms with E-state index in [0.29, 0.717) is 12.5 Å². The molecule has 9 heteroatoms. The standard InChI is InChI=1S/C16H19BrF3N5/c1-21-15(24(2)9-11-4-6-13(17)7-5-11)22-8-12-10-25(3)23-14(12)16(18,19)20/h4-7,10H,8-9H2,1-3H3,(H,21,22). The third kappa shape index (κ3) is 5.22. The summed E-state index contributed by atoms with van der Waals surface area (Å²) in [7, 11) is 4.88. The SMILES string of the molecule is CN=C(NCc1cn(C)nc1C(F)(F)F)N(C)Cc1ccc(Br)cc1. The van der Waals surface area contributed by atoms with Crippen molar-refractivity contribution in [1.29, 1.82) is 0 Å². The van der Waals surface area contributed by atoms with Crippen LogP contribution in [0.15, 0.2) is 39.9 Å². The minimum absolute atomic E-state index is 0.0139. The molecular weight excluding hydrogens is 399 g/mol. The lowest BCUT2D eigenvalue weighted by atomic mass is 10.2. The van der Waals surface area contributed by atoms with E-state index in [4.69, 9.17) is 0 Å². The molecule has 2 rings (SSSR count). The zero-order chi connectivity index (χ0) is 18.6. The molecule has 0 spiro atoms. The van der Waals surface area contributed by atoms with Crippen molar-refractivity contribution < 1.29 is 13.2 Å². The second-order valence-corrected chi connectivity index (χ2v) is 6.47. The van der Waals surface area contributed by atoms with Gasteiger partial charge in [0.05, 0.1) is 0 Å². The Labute approximate surface area is 152 Å². The molecule has 0 aliphatic carbocycles. The van der Waals surface area contributed by atoms with Crippen molar-refractivity contribution in [2.24, 2.45) is 12.0 Å². The highest BCUT2D eigenvalue weighted by atomic mass is 79.9. The molecule has 0 atom stereocenters. The Kier molecular flexibility index (Phi) is 6.10. The largest absolute Gasteiger partial charge is 0.435 e. The van der Waals surface area contributed by atoms with Crippen molar-refractivity contribution in [2.45, 2.75) is 19.3 Å². The lowest BCUT2D eigenvalue weighted by molar-refractivity contribution is -0.142. The summed E-state index contributed by atoms with van der Waals surface area (Å²) in [6, 6.07) is 7.81. The molecule has 0 aliphatic rings. The van der Waals surface area contributed by atoms with Crippen molar-refractivity contribution in [3.05, 3.63) is 51.8 Å². The van der Waals surface area contributed by atoms with E-state index >= 15 is 0 Å². The summed E-state index contributed by atoms with van der Waals surface area (Å²) in [6.45, 7) is 0.562. The van der Waals surface area contributed by atoms with Crippen LogP contribution in [-0.2, 0) is 26.3 Å². The number of hydrogen-bond donors (Lipinski definition) is 1. The third-order valence-electron chi connectivity index (χ3n) is 3.52. The number of guanidine groups is 1. The summed E-state index contributed by atoms with van der Waals surface area (Å²) >= 11 is 3.38. The van der Waals surface area contributed by atoms with E-state index in [-0.39, 0.29) is 12.1 Å². The fourth-order valence-corrected chi connectivity index (χ4v) is 2.67. The Hall–Kier alpha value is -2.03. The number of nitrogens with one attached hydrogen (secondary N) is 1. The Balaban J connectivity index is 2.04. The van der Waals surface area contributed by atoms with Gasteiger partial charge in [-0.15, -0.1) is 0 Å². The summed E-state index contributed by atoms with van der Waals surface area (Å²) in [5, 5.41) is 6.46. The van der Waals surface area contributed by atoms with Gasteiger partial charge in [0.2, 0.25) is 0 Å². The molecule has 0 amide bonds. The van der Waals surface area contributed by atoms with Gasteiger partial charge < -0.3 is 10.2 Å². The van der Waals surface area contributed by atoms with Gasteiger partial charge in [-0.2, -0.15) is 18.3 Å². The van der Waals surface area contributed by atoms with E-state index in [0.717, 1.165) is 14.7 Å². The molecule has 1 aromatic carbocycles. The van der Waals surface area contributed by atoms with Crippen molar-refractivity contribution in [1.82, 2.24) is 20.0 Å². The van der Waals surface area contributed by atoms with Crippen LogP contribution in [0.3, 0.4) is 0 Å². The first-order chi connectivity index (χ1) is 11.7. The lowest BCUT2D eigenvalue weighted by Crippen LogP contribution is -2.38. The third-order valence-corrected chi connectivity index (χ3v) is 4.05. The molecular formula is C16H19BrF3N5. The Morgan fingerprint density at radius 3 is 2.52 bits per heavy atom. The number of hydrogen-bond acceptors (Lipinski definition) is 2. The summed E-state index contributed by atoms with van der Waals surface area (Å²) < 4.78 is 41.1. The Bertz CT molecular complexity index is 737. The van der Waals surface area contributed by atoms with Crippen LogP contribution in [0.2, 0.25) is 0 Å². The van der Waals surface area contributed by atoms with Gasteiger partial charge in [0.25, 0.3) is 0 Å². The Morgan fingerprint density at radius 2 is 1.96 bits per heavy atom. The normalized spacial score (nSPS) is 12.4. The maximum atomic E-state index is 13.0. The van der Waals surface area contributed by atoms with Crippen molar-refractivity contribution in [3.63, 3.8) is 0 Å². The summed E-state index contributed by atoms with van der Waals surface area (Å²) in [5.41, 5.74) is 0.257. The van der Waals surface area contributed by atoms with E-state index in [1.807, 2.05) is 36.2 Å². The molecule has 136 valence electrons. The number of aromatic nitrogens is 2. The van der Waals surface area contributed by atoms with Crippen LogP contribution in [0.1, 0.15) is 16.8 Å². The summed E-state index contributed by atoms with van der Waals surface area (Å²) in [6.07, 6.45) is -3.12. The fourth-order valence-electron chi connectivity index (χ4n) is 2.40. The second-order valence-electron chi connectivity index (χ2n) is 5.56. The number of halogens is 4. The predicted molar refractivity (Wildman–Crippen MR) is 94.0 cm³/mol. The topological polar surface area (TPSA) is 45.5 Å². The van der Waals surface area contributed by atoms with Gasteiger partial charge in [-0.3, -0.25) is 9.67 Å². The first kappa shape index (κ1) is 19.3. The van der Waals surface area contributed by atoms with Crippen LogP contribution in [0, 0.1) is 0 Å². The molecule has 1 heterocycles. The fraction of sp³-hybridized carbons (Fsp3) is 0.375. The average Bonchev–Trinajstić information content (AvgIpc) is 2.91. The predicted octanol–water partition coefficient (Wildman–Crippen LogP) is 3.41. The van der Waals surface area contributed by atoms with E-state index in [9.17, 15) is 13.2 Å². The highest BCUT2D eigenvalue weighted by molar-refractivity contribution is 9.10. The van der Waals surface area contributed by atoms with Crippen LogP contribution in [0.5, 0.6) is 0 Å². The molecule has 0 aliphatic heterocycles. The maximum absolute atomic E-state index is 13.0. The maximum Gasteiger partial charge on any atom is 0.435 e. The van der Waals surface area contributed by atoms with Gasteiger partial charge in [0.1, 0.15) is 0 Å². The van der Waals surface area contributed by atoms with E-state index in [1.54, 1.807) is 7.05 Å². The molecule has 0 radical (unpaired) electrons. The molecule has 1 aromatic heterocycles. The lowest BCUT2D eigenvalue weighted by Gasteiger charge is -2.22. The van der Waals surface area contributed by atoms with Gasteiger partial charge in [0, 0.05) is 50.5 Å². The second kappa shape index (κ2) is 7.90. The number of aryl methyl sites for hydroxylation is 1. The average molecular weight is 418 g/mol. The number of rotatable bonds is 4. The van der Waals surface area contributed by atoms with Crippen molar-refractivity contribution in [3.8, 4) is 0 Å². The molecule has 5 nitrogen and oxygen atoms in total. The molecule has 0 saturated carbocycles. The number of nitrogens with zero attached hydrogens (tertiary/aromatic N) is 4. The van der Waals surface area contributed by atoms with Gasteiger partial charge in [-0.25, -0.2) is 0 Å². The molecule has 2 aromatic rings. The highest BCUT2D eigenvalue weighted by Gasteiger charge is 2.36. The molecule has 0 bridgehead atoms. The molecule has 0 unspecified atom stereocenters. The highest BCUT2D eigenvalue weighted by Crippen LogP contribution is 2.30. The van der Waals surface area contributed by atoms with Gasteiger partial charge >= 0.3 is 6.18 Å². The van der Waals surface area contributed by atoms with Gasteiger partial charge in [0.15, 0.2) is 11.7 Å². The van der Waals surface area contributed by atoms with Gasteiger partial charge in [-0.1, -0.05) is 28.1 Å². The minimum Gasteiger partial charge on any atom is -0.352 e. The number of benzene rings is 1. The minimum atomic E-state index is -4.48. The first-order valence-electron chi connectivity index (χ1n) is 7.46. The van der Waals surface area contributed by atoms with E-state index in [2.05, 4.69) is 31.3 Å². The monoisotopic (exact) mass is 417 g/mol. The molecule has 0 saturated heterocycles. The number of alkyl halides is 3. The number of aliphatic imine (C=N–C) groups is 1. The quantitative estimate of drug-likeness (QED) is 0.612. The van der Waals surface area contributed by atoms with Crippen molar-refractivity contribution >= 4 is 21.9 Å². The van der Waals surface area contributed by atoms with Crippen molar-refractivity contribution in [2.75, 3.05) is 14.1 Å². The zero-order valence-corrected chi connectivity index (χ0v) is 15.7. The summed E-state index contributed by atoms with van der Waals surface area (Å²) in [5.74, 6) is 0.500. The Morgan fingerprint density at radius 1 is 1.32 bits per heavy atom.